The van der Waals surface area contributed by atoms with Crippen molar-refractivity contribution in [2.75, 3.05) is 20.6 Å². The Morgan fingerprint density at radius 2 is 1.50 bits per heavy atom. The third-order valence-electron chi connectivity index (χ3n) is 3.72. The first kappa shape index (κ1) is 20.2. The second-order valence-corrected chi connectivity index (χ2v) is 6.30. The SMILES string of the molecule is CC[C@@H](O)[C@@H](C)CN(C)C.c1ccc(COc2ccccc2)cc1. The number of ether oxygens (including phenoxy) is 1. The van der Waals surface area contributed by atoms with Gasteiger partial charge >= 0.3 is 0 Å². The summed E-state index contributed by atoms with van der Waals surface area (Å²) in [4.78, 5) is 2.10. The molecule has 2 aromatic rings. The zero-order chi connectivity index (χ0) is 17.8. The van der Waals surface area contributed by atoms with Crippen LogP contribution in [0.15, 0.2) is 60.7 Å². The molecule has 2 atom stereocenters. The maximum atomic E-state index is 9.35. The zero-order valence-corrected chi connectivity index (χ0v) is 15.4. The van der Waals surface area contributed by atoms with Crippen molar-refractivity contribution in [1.29, 1.82) is 0 Å². The Balaban J connectivity index is 0.000000257. The van der Waals surface area contributed by atoms with Gasteiger partial charge in [-0.1, -0.05) is 62.4 Å². The van der Waals surface area contributed by atoms with Crippen LogP contribution in [0.3, 0.4) is 0 Å². The van der Waals surface area contributed by atoms with Crippen LogP contribution in [0, 0.1) is 5.92 Å². The molecule has 0 aliphatic carbocycles. The van der Waals surface area contributed by atoms with E-state index in [1.807, 2.05) is 69.6 Å². The van der Waals surface area contributed by atoms with Crippen molar-refractivity contribution in [2.24, 2.45) is 5.92 Å². The minimum atomic E-state index is -0.137. The van der Waals surface area contributed by atoms with Crippen LogP contribution in [0.4, 0.5) is 0 Å². The molecule has 0 aliphatic rings. The molecule has 0 aliphatic heterocycles. The van der Waals surface area contributed by atoms with Crippen LogP contribution in [0.2, 0.25) is 0 Å². The molecule has 0 unspecified atom stereocenters. The molecule has 3 heteroatoms. The number of aliphatic hydroxyl groups is 1. The van der Waals surface area contributed by atoms with Crippen LogP contribution >= 0.6 is 0 Å². The normalized spacial score (nSPS) is 12.9. The molecular formula is C21H31NO2. The van der Waals surface area contributed by atoms with Crippen LogP contribution in [0.5, 0.6) is 5.75 Å². The Bertz CT molecular complexity index is 489. The first-order chi connectivity index (χ1) is 11.5. The Morgan fingerprint density at radius 3 is 2.00 bits per heavy atom. The minimum Gasteiger partial charge on any atom is -0.489 e. The molecule has 0 bridgehead atoms. The summed E-state index contributed by atoms with van der Waals surface area (Å²) in [6, 6.07) is 20.0. The molecule has 0 fully saturated rings. The summed E-state index contributed by atoms with van der Waals surface area (Å²) >= 11 is 0. The van der Waals surface area contributed by atoms with Crippen LogP contribution in [-0.4, -0.2) is 36.8 Å². The highest BCUT2D eigenvalue weighted by molar-refractivity contribution is 5.22. The lowest BCUT2D eigenvalue weighted by atomic mass is 10.0. The third kappa shape index (κ3) is 8.70. The van der Waals surface area contributed by atoms with Crippen molar-refractivity contribution in [1.82, 2.24) is 4.90 Å². The maximum absolute atomic E-state index is 9.35. The average molecular weight is 329 g/mol. The number of benzene rings is 2. The van der Waals surface area contributed by atoms with Gasteiger partial charge in [0.15, 0.2) is 0 Å². The van der Waals surface area contributed by atoms with Gasteiger partial charge in [0.2, 0.25) is 0 Å². The first-order valence-electron chi connectivity index (χ1n) is 8.57. The molecule has 0 radical (unpaired) electrons. The van der Waals surface area contributed by atoms with Gasteiger partial charge in [-0.05, 0) is 44.1 Å². The second kappa shape index (κ2) is 11.7. The summed E-state index contributed by atoms with van der Waals surface area (Å²) in [6.45, 7) is 5.69. The van der Waals surface area contributed by atoms with E-state index in [2.05, 4.69) is 24.0 Å². The molecule has 0 saturated heterocycles. The van der Waals surface area contributed by atoms with Gasteiger partial charge in [-0.2, -0.15) is 0 Å². The molecule has 3 nitrogen and oxygen atoms in total. The van der Waals surface area contributed by atoms with Crippen molar-refractivity contribution in [2.45, 2.75) is 33.0 Å². The number of rotatable bonds is 7. The van der Waals surface area contributed by atoms with Crippen molar-refractivity contribution in [3.63, 3.8) is 0 Å². The lowest BCUT2D eigenvalue weighted by molar-refractivity contribution is 0.0964. The van der Waals surface area contributed by atoms with Crippen LogP contribution < -0.4 is 4.74 Å². The number of hydrogen-bond acceptors (Lipinski definition) is 3. The Labute approximate surface area is 146 Å². The average Bonchev–Trinajstić information content (AvgIpc) is 2.61. The monoisotopic (exact) mass is 329 g/mol. The first-order valence-corrected chi connectivity index (χ1v) is 8.57. The number of aliphatic hydroxyl groups excluding tert-OH is 1. The van der Waals surface area contributed by atoms with E-state index in [-0.39, 0.29) is 6.10 Å². The number of hydrogen-bond donors (Lipinski definition) is 1. The van der Waals surface area contributed by atoms with Gasteiger partial charge in [0.05, 0.1) is 6.10 Å². The molecule has 132 valence electrons. The quantitative estimate of drug-likeness (QED) is 0.825. The Kier molecular flexibility index (Phi) is 9.81. The number of para-hydroxylation sites is 1. The molecule has 2 rings (SSSR count). The predicted molar refractivity (Wildman–Crippen MR) is 101 cm³/mol. The van der Waals surface area contributed by atoms with Crippen molar-refractivity contribution in [3.05, 3.63) is 66.2 Å². The molecule has 0 amide bonds. The summed E-state index contributed by atoms with van der Waals surface area (Å²) in [6.07, 6.45) is 0.719. The fourth-order valence-corrected chi connectivity index (χ4v) is 2.36. The van der Waals surface area contributed by atoms with E-state index in [0.29, 0.717) is 12.5 Å². The minimum absolute atomic E-state index is 0.137. The molecular weight excluding hydrogens is 298 g/mol. The summed E-state index contributed by atoms with van der Waals surface area (Å²) in [7, 11) is 4.05. The van der Waals surface area contributed by atoms with E-state index in [1.165, 1.54) is 5.56 Å². The highest BCUT2D eigenvalue weighted by Gasteiger charge is 2.11. The molecule has 1 N–H and O–H groups in total. The summed E-state index contributed by atoms with van der Waals surface area (Å²) < 4.78 is 5.59. The van der Waals surface area contributed by atoms with Gasteiger partial charge in [0.25, 0.3) is 0 Å². The van der Waals surface area contributed by atoms with E-state index < -0.39 is 0 Å². The van der Waals surface area contributed by atoms with Crippen LogP contribution in [-0.2, 0) is 6.61 Å². The summed E-state index contributed by atoms with van der Waals surface area (Å²) in [5, 5.41) is 9.35. The molecule has 0 spiro atoms. The van der Waals surface area contributed by atoms with Gasteiger partial charge in [0.1, 0.15) is 12.4 Å². The fourth-order valence-electron chi connectivity index (χ4n) is 2.36. The Morgan fingerprint density at radius 1 is 0.958 bits per heavy atom. The number of nitrogens with zero attached hydrogens (tertiary/aromatic N) is 1. The topological polar surface area (TPSA) is 32.7 Å². The molecule has 24 heavy (non-hydrogen) atoms. The van der Waals surface area contributed by atoms with Gasteiger partial charge in [-0.3, -0.25) is 0 Å². The smallest absolute Gasteiger partial charge is 0.119 e. The maximum Gasteiger partial charge on any atom is 0.119 e. The standard InChI is InChI=1S/C13H12O.C8H19NO/c1-3-7-12(8-4-1)11-14-13-9-5-2-6-10-13;1-5-8(10)7(2)6-9(3)4/h1-10H,11H2;7-8,10H,5-6H2,1-4H3/t;7-,8+/m.0/s1. The van der Waals surface area contributed by atoms with Crippen LogP contribution in [0.25, 0.3) is 0 Å². The van der Waals surface area contributed by atoms with Gasteiger partial charge in [0, 0.05) is 6.54 Å². The second-order valence-electron chi connectivity index (χ2n) is 6.30. The van der Waals surface area contributed by atoms with Gasteiger partial charge in [-0.15, -0.1) is 0 Å². The van der Waals surface area contributed by atoms with Crippen molar-refractivity contribution < 1.29 is 9.84 Å². The predicted octanol–water partition coefficient (Wildman–Crippen LogP) is 4.22. The van der Waals surface area contributed by atoms with E-state index >= 15 is 0 Å². The lowest BCUT2D eigenvalue weighted by Gasteiger charge is -2.20. The van der Waals surface area contributed by atoms with Crippen molar-refractivity contribution >= 4 is 0 Å². The Hall–Kier alpha value is -1.84. The van der Waals surface area contributed by atoms with E-state index in [0.717, 1.165) is 18.7 Å². The molecule has 0 heterocycles. The van der Waals surface area contributed by atoms with Crippen molar-refractivity contribution in [3.8, 4) is 5.75 Å². The largest absolute Gasteiger partial charge is 0.489 e. The van der Waals surface area contributed by atoms with E-state index in [4.69, 9.17) is 4.74 Å². The molecule has 0 saturated carbocycles. The molecule has 2 aromatic carbocycles. The summed E-state index contributed by atoms with van der Waals surface area (Å²) in [5.41, 5.74) is 1.19. The van der Waals surface area contributed by atoms with Gasteiger partial charge in [-0.25, -0.2) is 0 Å². The van der Waals surface area contributed by atoms with Crippen LogP contribution in [0.1, 0.15) is 25.8 Å². The highest BCUT2D eigenvalue weighted by Crippen LogP contribution is 2.11. The van der Waals surface area contributed by atoms with Gasteiger partial charge < -0.3 is 14.7 Å². The third-order valence-corrected chi connectivity index (χ3v) is 3.72. The lowest BCUT2D eigenvalue weighted by Crippen LogP contribution is -2.28. The van der Waals surface area contributed by atoms with E-state index in [1.54, 1.807) is 0 Å². The highest BCUT2D eigenvalue weighted by atomic mass is 16.5. The fraction of sp³-hybridized carbons (Fsp3) is 0.429. The van der Waals surface area contributed by atoms with E-state index in [9.17, 15) is 5.11 Å². The molecule has 0 aromatic heterocycles. The summed E-state index contributed by atoms with van der Waals surface area (Å²) in [5.74, 6) is 1.30. The zero-order valence-electron chi connectivity index (χ0n) is 15.4.